The highest BCUT2D eigenvalue weighted by Gasteiger charge is 2.33. The van der Waals surface area contributed by atoms with Gasteiger partial charge in [0.25, 0.3) is 0 Å². The monoisotopic (exact) mass is 196 g/mol. The van der Waals surface area contributed by atoms with Gasteiger partial charge in [-0.3, -0.25) is 0 Å². The zero-order chi connectivity index (χ0) is 9.97. The molecule has 2 unspecified atom stereocenters. The van der Waals surface area contributed by atoms with E-state index in [1.807, 2.05) is 0 Å². The highest BCUT2D eigenvalue weighted by molar-refractivity contribution is 4.90. The average Bonchev–Trinajstić information content (AvgIpc) is 3.01. The Morgan fingerprint density at radius 2 is 1.93 bits per heavy atom. The summed E-state index contributed by atoms with van der Waals surface area (Å²) in [6, 6.07) is 2.58. The van der Waals surface area contributed by atoms with E-state index in [0.717, 1.165) is 24.7 Å². The molecule has 14 heavy (non-hydrogen) atoms. The summed E-state index contributed by atoms with van der Waals surface area (Å²) < 4.78 is 0. The highest BCUT2D eigenvalue weighted by atomic mass is 15.2. The first-order valence-corrected chi connectivity index (χ1v) is 6.26. The van der Waals surface area contributed by atoms with Gasteiger partial charge >= 0.3 is 0 Å². The molecule has 2 heteroatoms. The fourth-order valence-corrected chi connectivity index (χ4v) is 2.79. The molecular weight excluding hydrogens is 172 g/mol. The number of nitrogens with zero attached hydrogens (tertiary/aromatic N) is 1. The molecule has 2 atom stereocenters. The maximum Gasteiger partial charge on any atom is 0.0110 e. The van der Waals surface area contributed by atoms with Crippen molar-refractivity contribution in [1.82, 2.24) is 10.2 Å². The minimum atomic E-state index is 0.792. The molecule has 2 rings (SSSR count). The van der Waals surface area contributed by atoms with Crippen molar-refractivity contribution in [2.24, 2.45) is 0 Å². The normalized spacial score (nSPS) is 33.6. The minimum absolute atomic E-state index is 0.792. The lowest BCUT2D eigenvalue weighted by molar-refractivity contribution is 0.162. The molecule has 0 aliphatic heterocycles. The lowest BCUT2D eigenvalue weighted by Gasteiger charge is -2.35. The Hall–Kier alpha value is -0.0800. The molecule has 0 radical (unpaired) electrons. The lowest BCUT2D eigenvalue weighted by Crippen LogP contribution is -2.43. The molecule has 2 nitrogen and oxygen atoms in total. The molecule has 0 heterocycles. The second-order valence-electron chi connectivity index (χ2n) is 4.97. The molecule has 0 saturated heterocycles. The van der Waals surface area contributed by atoms with Gasteiger partial charge in [-0.2, -0.15) is 0 Å². The van der Waals surface area contributed by atoms with Crippen LogP contribution in [0.5, 0.6) is 0 Å². The second kappa shape index (κ2) is 4.63. The summed E-state index contributed by atoms with van der Waals surface area (Å²) in [6.07, 6.45) is 8.50. The van der Waals surface area contributed by atoms with Crippen LogP contribution in [0.25, 0.3) is 0 Å². The molecule has 0 spiro atoms. The van der Waals surface area contributed by atoms with Crippen molar-refractivity contribution in [2.75, 3.05) is 13.6 Å². The van der Waals surface area contributed by atoms with Gasteiger partial charge in [-0.15, -0.1) is 0 Å². The first kappa shape index (κ1) is 10.4. The molecule has 2 saturated carbocycles. The van der Waals surface area contributed by atoms with Gasteiger partial charge in [0.1, 0.15) is 0 Å². The SMILES string of the molecule is CCNC1CCCC(N(C)C2CC2)C1. The smallest absolute Gasteiger partial charge is 0.0110 e. The van der Waals surface area contributed by atoms with Crippen molar-refractivity contribution in [3.63, 3.8) is 0 Å². The summed E-state index contributed by atoms with van der Waals surface area (Å²) >= 11 is 0. The first-order valence-electron chi connectivity index (χ1n) is 6.26. The number of nitrogens with one attached hydrogen (secondary N) is 1. The van der Waals surface area contributed by atoms with E-state index in [-0.39, 0.29) is 0 Å². The molecule has 2 fully saturated rings. The standard InChI is InChI=1S/C12H24N2/c1-3-13-10-5-4-6-12(9-10)14(2)11-7-8-11/h10-13H,3-9H2,1-2H3. The Labute approximate surface area is 88.1 Å². The van der Waals surface area contributed by atoms with Crippen molar-refractivity contribution in [2.45, 2.75) is 63.6 Å². The zero-order valence-corrected chi connectivity index (χ0v) is 9.63. The molecule has 2 aliphatic rings. The molecular formula is C12H24N2. The quantitative estimate of drug-likeness (QED) is 0.740. The van der Waals surface area contributed by atoms with E-state index in [4.69, 9.17) is 0 Å². The van der Waals surface area contributed by atoms with Crippen molar-refractivity contribution >= 4 is 0 Å². The van der Waals surface area contributed by atoms with Crippen LogP contribution in [-0.4, -0.2) is 36.6 Å². The van der Waals surface area contributed by atoms with E-state index in [1.54, 1.807) is 0 Å². The van der Waals surface area contributed by atoms with Crippen LogP contribution in [0.2, 0.25) is 0 Å². The van der Waals surface area contributed by atoms with E-state index >= 15 is 0 Å². The summed E-state index contributed by atoms with van der Waals surface area (Å²) in [5, 5.41) is 3.60. The molecule has 1 N–H and O–H groups in total. The van der Waals surface area contributed by atoms with E-state index in [9.17, 15) is 0 Å². The van der Waals surface area contributed by atoms with Crippen LogP contribution in [0.4, 0.5) is 0 Å². The predicted octanol–water partition coefficient (Wildman–Crippen LogP) is 2.00. The fraction of sp³-hybridized carbons (Fsp3) is 1.00. The van der Waals surface area contributed by atoms with Crippen molar-refractivity contribution in [1.29, 1.82) is 0 Å². The predicted molar refractivity (Wildman–Crippen MR) is 60.5 cm³/mol. The fourth-order valence-electron chi connectivity index (χ4n) is 2.79. The molecule has 0 aromatic carbocycles. The van der Waals surface area contributed by atoms with Gasteiger partial charge in [0.05, 0.1) is 0 Å². The number of rotatable bonds is 4. The molecule has 0 amide bonds. The van der Waals surface area contributed by atoms with Crippen LogP contribution in [0.15, 0.2) is 0 Å². The highest BCUT2D eigenvalue weighted by Crippen LogP contribution is 2.32. The van der Waals surface area contributed by atoms with Crippen molar-refractivity contribution < 1.29 is 0 Å². The minimum Gasteiger partial charge on any atom is -0.314 e. The lowest BCUT2D eigenvalue weighted by atomic mass is 9.90. The maximum atomic E-state index is 3.60. The third-order valence-electron chi connectivity index (χ3n) is 3.84. The van der Waals surface area contributed by atoms with Gasteiger partial charge in [0.15, 0.2) is 0 Å². The van der Waals surface area contributed by atoms with E-state index < -0.39 is 0 Å². The van der Waals surface area contributed by atoms with Gasteiger partial charge in [-0.05, 0) is 45.7 Å². The second-order valence-corrected chi connectivity index (χ2v) is 4.97. The van der Waals surface area contributed by atoms with Crippen LogP contribution in [-0.2, 0) is 0 Å². The van der Waals surface area contributed by atoms with Gasteiger partial charge in [0, 0.05) is 18.1 Å². The average molecular weight is 196 g/mol. The van der Waals surface area contributed by atoms with Crippen LogP contribution in [0.3, 0.4) is 0 Å². The van der Waals surface area contributed by atoms with Crippen molar-refractivity contribution in [3.05, 3.63) is 0 Å². The largest absolute Gasteiger partial charge is 0.314 e. The Balaban J connectivity index is 1.80. The zero-order valence-electron chi connectivity index (χ0n) is 9.63. The first-order chi connectivity index (χ1) is 6.81. The topological polar surface area (TPSA) is 15.3 Å². The summed E-state index contributed by atoms with van der Waals surface area (Å²) in [7, 11) is 2.33. The van der Waals surface area contributed by atoms with Crippen LogP contribution < -0.4 is 5.32 Å². The maximum absolute atomic E-state index is 3.60. The molecule has 0 bridgehead atoms. The van der Waals surface area contributed by atoms with Crippen LogP contribution in [0.1, 0.15) is 45.4 Å². The molecule has 0 aromatic heterocycles. The van der Waals surface area contributed by atoms with Crippen LogP contribution in [0, 0.1) is 0 Å². The van der Waals surface area contributed by atoms with E-state index in [2.05, 4.69) is 24.2 Å². The Bertz CT molecular complexity index is 175. The Morgan fingerprint density at radius 1 is 1.14 bits per heavy atom. The summed E-state index contributed by atoms with van der Waals surface area (Å²) in [5.74, 6) is 0. The molecule has 82 valence electrons. The van der Waals surface area contributed by atoms with Crippen LogP contribution >= 0.6 is 0 Å². The van der Waals surface area contributed by atoms with Gasteiger partial charge in [0.2, 0.25) is 0 Å². The Morgan fingerprint density at radius 3 is 2.57 bits per heavy atom. The number of hydrogen-bond donors (Lipinski definition) is 1. The summed E-state index contributed by atoms with van der Waals surface area (Å²) in [5.41, 5.74) is 0. The van der Waals surface area contributed by atoms with E-state index in [1.165, 1.54) is 38.5 Å². The van der Waals surface area contributed by atoms with Crippen molar-refractivity contribution in [3.8, 4) is 0 Å². The Kier molecular flexibility index (Phi) is 3.45. The third kappa shape index (κ3) is 2.48. The molecule has 2 aliphatic carbocycles. The van der Waals surface area contributed by atoms with Gasteiger partial charge in [-0.1, -0.05) is 13.3 Å². The summed E-state index contributed by atoms with van der Waals surface area (Å²) in [6.45, 7) is 3.35. The molecule has 0 aromatic rings. The number of hydrogen-bond acceptors (Lipinski definition) is 2. The summed E-state index contributed by atoms with van der Waals surface area (Å²) in [4.78, 5) is 2.64. The van der Waals surface area contributed by atoms with E-state index in [0.29, 0.717) is 0 Å². The third-order valence-corrected chi connectivity index (χ3v) is 3.84. The van der Waals surface area contributed by atoms with Gasteiger partial charge in [-0.25, -0.2) is 0 Å². The van der Waals surface area contributed by atoms with Gasteiger partial charge < -0.3 is 10.2 Å².